The quantitative estimate of drug-likeness (QED) is 0.624. The number of aromatic nitrogens is 2. The van der Waals surface area contributed by atoms with Crippen molar-refractivity contribution in [2.24, 2.45) is 0 Å². The second kappa shape index (κ2) is 7.81. The normalized spacial score (nSPS) is 13.3. The van der Waals surface area contributed by atoms with E-state index in [2.05, 4.69) is 15.3 Å². The molecule has 1 heterocycles. The average molecular weight is 381 g/mol. The largest absolute Gasteiger partial charge is 0.515 e. The zero-order valence-electron chi connectivity index (χ0n) is 14.8. The van der Waals surface area contributed by atoms with Crippen molar-refractivity contribution in [2.75, 3.05) is 5.32 Å². The topological polar surface area (TPSA) is 73.3 Å². The highest BCUT2D eigenvalue weighted by Gasteiger charge is 2.23. The molecule has 1 aliphatic carbocycles. The third kappa shape index (κ3) is 4.29. The van der Waals surface area contributed by atoms with Crippen LogP contribution in [-0.2, 0) is 17.6 Å². The standard InChI is InChI=1S/C18H18F3N3O3/c1-9(2)26-18(25)27-16-10-5-3-4-6-12(10)22-17(24-16)23-13-8-7-11(19)14(20)15(13)21/h7-9H,3-6H2,1-2H3,(H,22,23,24). The molecule has 9 heteroatoms. The van der Waals surface area contributed by atoms with Gasteiger partial charge in [0, 0.05) is 5.56 Å². The lowest BCUT2D eigenvalue weighted by Gasteiger charge is -2.19. The van der Waals surface area contributed by atoms with Crippen LogP contribution in [0.2, 0.25) is 0 Å². The molecule has 1 aromatic carbocycles. The number of hydrogen-bond donors (Lipinski definition) is 1. The molecule has 1 aliphatic rings. The molecule has 0 spiro atoms. The molecule has 3 rings (SSSR count). The zero-order valence-corrected chi connectivity index (χ0v) is 14.8. The second-order valence-corrected chi connectivity index (χ2v) is 6.35. The van der Waals surface area contributed by atoms with Crippen molar-refractivity contribution >= 4 is 17.8 Å². The van der Waals surface area contributed by atoms with E-state index in [1.165, 1.54) is 0 Å². The summed E-state index contributed by atoms with van der Waals surface area (Å²) >= 11 is 0. The molecule has 144 valence electrons. The van der Waals surface area contributed by atoms with Gasteiger partial charge in [-0.1, -0.05) is 0 Å². The maximum atomic E-state index is 13.9. The zero-order chi connectivity index (χ0) is 19.6. The molecule has 1 N–H and O–H groups in total. The Labute approximate surface area is 153 Å². The van der Waals surface area contributed by atoms with E-state index in [0.29, 0.717) is 24.1 Å². The SMILES string of the molecule is CC(C)OC(=O)Oc1nc(Nc2ccc(F)c(F)c2F)nc2c1CCCC2. The summed E-state index contributed by atoms with van der Waals surface area (Å²) < 4.78 is 50.6. The van der Waals surface area contributed by atoms with Gasteiger partial charge in [-0.05, 0) is 51.7 Å². The number of carbonyl (C=O) groups excluding carboxylic acids is 1. The molecule has 2 aromatic rings. The van der Waals surface area contributed by atoms with Gasteiger partial charge >= 0.3 is 6.16 Å². The summed E-state index contributed by atoms with van der Waals surface area (Å²) in [5, 5.41) is 2.51. The van der Waals surface area contributed by atoms with Gasteiger partial charge in [0.25, 0.3) is 0 Å². The van der Waals surface area contributed by atoms with Gasteiger partial charge in [-0.3, -0.25) is 0 Å². The molecule has 0 bridgehead atoms. The number of hydrogen-bond acceptors (Lipinski definition) is 6. The fourth-order valence-corrected chi connectivity index (χ4v) is 2.74. The average Bonchev–Trinajstić information content (AvgIpc) is 2.61. The van der Waals surface area contributed by atoms with Crippen LogP contribution in [0.4, 0.5) is 29.6 Å². The molecule has 0 saturated carbocycles. The van der Waals surface area contributed by atoms with Crippen LogP contribution in [0, 0.1) is 17.5 Å². The Morgan fingerprint density at radius 3 is 2.59 bits per heavy atom. The number of nitrogens with one attached hydrogen (secondary N) is 1. The van der Waals surface area contributed by atoms with Crippen molar-refractivity contribution in [1.82, 2.24) is 9.97 Å². The minimum Gasteiger partial charge on any atom is -0.431 e. The van der Waals surface area contributed by atoms with Crippen LogP contribution < -0.4 is 10.1 Å². The van der Waals surface area contributed by atoms with Gasteiger partial charge < -0.3 is 14.8 Å². The van der Waals surface area contributed by atoms with Gasteiger partial charge in [-0.25, -0.2) is 22.9 Å². The van der Waals surface area contributed by atoms with E-state index >= 15 is 0 Å². The maximum Gasteiger partial charge on any atom is 0.515 e. The molecular weight excluding hydrogens is 363 g/mol. The Balaban J connectivity index is 1.93. The fraction of sp³-hybridized carbons (Fsp3) is 0.389. The van der Waals surface area contributed by atoms with Crippen molar-refractivity contribution in [3.63, 3.8) is 0 Å². The van der Waals surface area contributed by atoms with Crippen LogP contribution in [-0.4, -0.2) is 22.2 Å². The molecule has 1 aromatic heterocycles. The lowest BCUT2D eigenvalue weighted by atomic mass is 9.97. The summed E-state index contributed by atoms with van der Waals surface area (Å²) in [6.45, 7) is 3.35. The maximum absolute atomic E-state index is 13.9. The molecule has 0 saturated heterocycles. The number of benzene rings is 1. The van der Waals surface area contributed by atoms with Gasteiger partial charge in [0.05, 0.1) is 17.5 Å². The van der Waals surface area contributed by atoms with Crippen LogP contribution in [0.25, 0.3) is 0 Å². The molecule has 0 aliphatic heterocycles. The minimum atomic E-state index is -1.60. The number of fused-ring (bicyclic) bond motifs is 1. The lowest BCUT2D eigenvalue weighted by Crippen LogP contribution is -2.19. The number of anilines is 2. The highest BCUT2D eigenvalue weighted by molar-refractivity contribution is 5.65. The summed E-state index contributed by atoms with van der Waals surface area (Å²) in [6, 6.07) is 1.82. The molecule has 0 fully saturated rings. The van der Waals surface area contributed by atoms with Crippen molar-refractivity contribution in [1.29, 1.82) is 0 Å². The monoisotopic (exact) mass is 381 g/mol. The van der Waals surface area contributed by atoms with E-state index in [0.717, 1.165) is 25.0 Å². The molecule has 27 heavy (non-hydrogen) atoms. The highest BCUT2D eigenvalue weighted by atomic mass is 19.2. The van der Waals surface area contributed by atoms with Gasteiger partial charge in [0.15, 0.2) is 17.5 Å². The first kappa shape index (κ1) is 18.9. The number of carbonyl (C=O) groups is 1. The summed E-state index contributed by atoms with van der Waals surface area (Å²) in [5.74, 6) is -4.37. The number of rotatable bonds is 4. The van der Waals surface area contributed by atoms with Gasteiger partial charge in [-0.2, -0.15) is 4.98 Å². The molecule has 0 radical (unpaired) electrons. The molecule has 0 atom stereocenters. The summed E-state index contributed by atoms with van der Waals surface area (Å²) in [5.41, 5.74) is 0.993. The van der Waals surface area contributed by atoms with Crippen LogP contribution in [0.15, 0.2) is 12.1 Å². The highest BCUT2D eigenvalue weighted by Crippen LogP contribution is 2.30. The Kier molecular flexibility index (Phi) is 5.48. The molecule has 0 amide bonds. The molecule has 0 unspecified atom stereocenters. The van der Waals surface area contributed by atoms with Crippen LogP contribution in [0.1, 0.15) is 37.9 Å². The van der Waals surface area contributed by atoms with E-state index in [4.69, 9.17) is 9.47 Å². The summed E-state index contributed by atoms with van der Waals surface area (Å²) in [6.07, 6.45) is 1.74. The Bertz CT molecular complexity index is 875. The van der Waals surface area contributed by atoms with Crippen LogP contribution in [0.3, 0.4) is 0 Å². The van der Waals surface area contributed by atoms with E-state index < -0.39 is 23.6 Å². The fourth-order valence-electron chi connectivity index (χ4n) is 2.74. The van der Waals surface area contributed by atoms with E-state index in [-0.39, 0.29) is 23.6 Å². The Morgan fingerprint density at radius 2 is 1.85 bits per heavy atom. The molecule has 6 nitrogen and oxygen atoms in total. The first-order valence-corrected chi connectivity index (χ1v) is 8.54. The van der Waals surface area contributed by atoms with Crippen LogP contribution >= 0.6 is 0 Å². The van der Waals surface area contributed by atoms with Crippen molar-refractivity contribution < 1.29 is 27.4 Å². The predicted molar refractivity (Wildman–Crippen MR) is 90.5 cm³/mol. The Morgan fingerprint density at radius 1 is 1.11 bits per heavy atom. The van der Waals surface area contributed by atoms with Gasteiger partial charge in [0.1, 0.15) is 0 Å². The van der Waals surface area contributed by atoms with Crippen LogP contribution in [0.5, 0.6) is 5.88 Å². The number of halogens is 3. The summed E-state index contributed by atoms with van der Waals surface area (Å²) in [4.78, 5) is 20.2. The van der Waals surface area contributed by atoms with E-state index in [1.807, 2.05) is 0 Å². The smallest absolute Gasteiger partial charge is 0.431 e. The third-order valence-electron chi connectivity index (χ3n) is 3.94. The van der Waals surface area contributed by atoms with E-state index in [1.54, 1.807) is 13.8 Å². The van der Waals surface area contributed by atoms with Crippen molar-refractivity contribution in [2.45, 2.75) is 45.6 Å². The van der Waals surface area contributed by atoms with Crippen molar-refractivity contribution in [3.05, 3.63) is 40.8 Å². The molecular formula is C18H18F3N3O3. The first-order chi connectivity index (χ1) is 12.8. The summed E-state index contributed by atoms with van der Waals surface area (Å²) in [7, 11) is 0. The number of ether oxygens (including phenoxy) is 2. The number of aryl methyl sites for hydroxylation is 1. The lowest BCUT2D eigenvalue weighted by molar-refractivity contribution is 0.0712. The predicted octanol–water partition coefficient (Wildman–Crippen LogP) is 4.44. The van der Waals surface area contributed by atoms with Gasteiger partial charge in [0.2, 0.25) is 11.8 Å². The first-order valence-electron chi connectivity index (χ1n) is 8.54. The number of nitrogens with zero attached hydrogens (tertiary/aromatic N) is 2. The van der Waals surface area contributed by atoms with E-state index in [9.17, 15) is 18.0 Å². The van der Waals surface area contributed by atoms with Crippen molar-refractivity contribution in [3.8, 4) is 5.88 Å². The van der Waals surface area contributed by atoms with Gasteiger partial charge in [-0.15, -0.1) is 0 Å². The minimum absolute atomic E-state index is 0.0100. The third-order valence-corrected chi connectivity index (χ3v) is 3.94. The second-order valence-electron chi connectivity index (χ2n) is 6.35. The Hall–Kier alpha value is -2.84.